The normalized spacial score (nSPS) is 12.0. The van der Waals surface area contributed by atoms with Crippen molar-refractivity contribution in [1.82, 2.24) is 0 Å². The van der Waals surface area contributed by atoms with E-state index < -0.39 is 7.25 Å². The van der Waals surface area contributed by atoms with E-state index >= 15 is 0 Å². The van der Waals surface area contributed by atoms with Gasteiger partial charge in [-0.25, -0.2) is 0 Å². The molecule has 0 spiro atoms. The van der Waals surface area contributed by atoms with E-state index in [1.54, 1.807) is 8.87 Å². The average Bonchev–Trinajstić information content (AvgIpc) is 2.41. The van der Waals surface area contributed by atoms with Crippen LogP contribution in [0.15, 0.2) is 30.3 Å². The molecule has 0 aliphatic carbocycles. The van der Waals surface area contributed by atoms with E-state index in [-0.39, 0.29) is 0 Å². The van der Waals surface area contributed by atoms with Crippen LogP contribution in [0.4, 0.5) is 17.3 Å². The number of unbranched alkanes of at least 4 members (excludes halogenated alkanes) is 1. The Balaban J connectivity index is 0.000000463. The zero-order chi connectivity index (χ0) is 17.7. The maximum absolute atomic E-state index is 9.75. The SMILES string of the molecule is CCCCc1[se+]c(C(C)(C)C)cc2ccccc12.F[B-](F)(F)F. The molecule has 2 rings (SSSR count). The number of aryl methyl sites for hydroxylation is 1. The molecule has 0 N–H and O–H groups in total. The van der Waals surface area contributed by atoms with Crippen LogP contribution in [0.3, 0.4) is 0 Å². The first-order chi connectivity index (χ1) is 10.5. The minimum Gasteiger partial charge on any atom is -0.418 e. The van der Waals surface area contributed by atoms with Gasteiger partial charge in [-0.2, -0.15) is 0 Å². The number of rotatable bonds is 3. The Bertz CT molecular complexity index is 627. The molecule has 0 radical (unpaired) electrons. The van der Waals surface area contributed by atoms with Gasteiger partial charge in [0, 0.05) is 0 Å². The zero-order valence-electron chi connectivity index (χ0n) is 14.0. The second kappa shape index (κ2) is 8.30. The minimum absolute atomic E-state index is 0.311. The first kappa shape index (κ1) is 20.2. The fourth-order valence-electron chi connectivity index (χ4n) is 2.13. The van der Waals surface area contributed by atoms with Crippen molar-refractivity contribution in [2.24, 2.45) is 0 Å². The minimum atomic E-state index is -6.00. The van der Waals surface area contributed by atoms with E-state index in [1.165, 1.54) is 30.0 Å². The van der Waals surface area contributed by atoms with Gasteiger partial charge in [-0.3, -0.25) is 0 Å². The Hall–Kier alpha value is -0.866. The summed E-state index contributed by atoms with van der Waals surface area (Å²) in [7, 11) is -6.00. The molecule has 0 saturated heterocycles. The third kappa shape index (κ3) is 7.49. The molecule has 0 saturated carbocycles. The molecule has 0 aliphatic heterocycles. The van der Waals surface area contributed by atoms with Crippen LogP contribution >= 0.6 is 0 Å². The van der Waals surface area contributed by atoms with E-state index in [4.69, 9.17) is 0 Å². The summed E-state index contributed by atoms with van der Waals surface area (Å²) in [6, 6.07) is 11.3. The van der Waals surface area contributed by atoms with Gasteiger partial charge in [-0.15, -0.1) is 0 Å². The van der Waals surface area contributed by atoms with Crippen LogP contribution in [0.2, 0.25) is 0 Å². The second-order valence-electron chi connectivity index (χ2n) is 6.47. The molecule has 0 amide bonds. The molecule has 0 bridgehead atoms. The summed E-state index contributed by atoms with van der Waals surface area (Å²) in [5.41, 5.74) is 0.311. The molecule has 0 unspecified atom stereocenters. The Morgan fingerprint density at radius 3 is 2.13 bits per heavy atom. The molecule has 128 valence electrons. The Kier molecular flexibility index (Phi) is 7.28. The fraction of sp³-hybridized carbons (Fsp3) is 0.471. The number of benzene rings is 1. The molecule has 0 fully saturated rings. The maximum atomic E-state index is 9.75. The molecule has 0 atom stereocenters. The summed E-state index contributed by atoms with van der Waals surface area (Å²) in [5, 5.41) is 2.95. The van der Waals surface area contributed by atoms with E-state index in [9.17, 15) is 17.3 Å². The smallest absolute Gasteiger partial charge is 0.418 e. The van der Waals surface area contributed by atoms with Gasteiger partial charge in [0.25, 0.3) is 0 Å². The van der Waals surface area contributed by atoms with E-state index in [0.717, 1.165) is 0 Å². The van der Waals surface area contributed by atoms with E-state index in [0.29, 0.717) is 19.9 Å². The topological polar surface area (TPSA) is 0 Å². The summed E-state index contributed by atoms with van der Waals surface area (Å²) in [4.78, 5) is 0. The van der Waals surface area contributed by atoms with Crippen LogP contribution in [-0.2, 0) is 11.8 Å². The van der Waals surface area contributed by atoms with Crippen LogP contribution in [0.5, 0.6) is 0 Å². The van der Waals surface area contributed by atoms with Gasteiger partial charge in [0.2, 0.25) is 0 Å². The third-order valence-corrected chi connectivity index (χ3v) is 6.68. The number of halogens is 4. The quantitative estimate of drug-likeness (QED) is 0.436. The number of hydrogen-bond donors (Lipinski definition) is 0. The summed E-state index contributed by atoms with van der Waals surface area (Å²) in [6.07, 6.45) is 3.89. The average molecular weight is 393 g/mol. The van der Waals surface area contributed by atoms with Crippen LogP contribution in [0.1, 0.15) is 49.4 Å². The maximum Gasteiger partial charge on any atom is 0.673 e. The zero-order valence-corrected chi connectivity index (χ0v) is 15.7. The van der Waals surface area contributed by atoms with Gasteiger partial charge in [-0.05, 0) is 0 Å². The molecule has 23 heavy (non-hydrogen) atoms. The Morgan fingerprint density at radius 1 is 1.04 bits per heavy atom. The fourth-order valence-corrected chi connectivity index (χ4v) is 4.85. The Labute approximate surface area is 141 Å². The standard InChI is InChI=1S/C17H23Se.BF4/c1-5-6-11-15-14-10-8-7-9-13(14)12-16(18-15)17(2,3)4;2-1(3,4)5/h7-10,12H,5-6,11H2,1-4H3;/q+1;-1. The summed E-state index contributed by atoms with van der Waals surface area (Å²) in [6.45, 7) is 9.30. The van der Waals surface area contributed by atoms with Gasteiger partial charge >= 0.3 is 124 Å². The third-order valence-electron chi connectivity index (χ3n) is 3.28. The Morgan fingerprint density at radius 2 is 1.61 bits per heavy atom. The molecule has 2 aromatic rings. The van der Waals surface area contributed by atoms with Crippen molar-refractivity contribution in [2.75, 3.05) is 0 Å². The van der Waals surface area contributed by atoms with Crippen LogP contribution in [0, 0.1) is 0 Å². The van der Waals surface area contributed by atoms with Crippen molar-refractivity contribution in [1.29, 1.82) is 0 Å². The molecule has 1 aromatic carbocycles. The molecule has 1 heterocycles. The van der Waals surface area contributed by atoms with Crippen LogP contribution < -0.4 is 0 Å². The second-order valence-corrected chi connectivity index (χ2v) is 8.85. The summed E-state index contributed by atoms with van der Waals surface area (Å²) < 4.78 is 42.3. The largest absolute Gasteiger partial charge is 0.673 e. The summed E-state index contributed by atoms with van der Waals surface area (Å²) in [5.74, 6) is 0. The first-order valence-corrected chi connectivity index (χ1v) is 9.46. The van der Waals surface area contributed by atoms with Crippen molar-refractivity contribution in [3.63, 3.8) is 0 Å². The van der Waals surface area contributed by atoms with E-state index in [1.807, 2.05) is 0 Å². The number of fused-ring (bicyclic) bond motifs is 1. The van der Waals surface area contributed by atoms with Gasteiger partial charge in [0.15, 0.2) is 0 Å². The molecule has 0 aliphatic rings. The predicted molar refractivity (Wildman–Crippen MR) is 92.8 cm³/mol. The number of hydrogen-bond acceptors (Lipinski definition) is 0. The summed E-state index contributed by atoms with van der Waals surface area (Å²) >= 11 is 0.543. The van der Waals surface area contributed by atoms with Gasteiger partial charge < -0.3 is 17.3 Å². The van der Waals surface area contributed by atoms with Crippen LogP contribution in [0.25, 0.3) is 10.8 Å². The van der Waals surface area contributed by atoms with Crippen molar-refractivity contribution in [3.8, 4) is 0 Å². The van der Waals surface area contributed by atoms with Crippen molar-refractivity contribution < 1.29 is 17.3 Å². The van der Waals surface area contributed by atoms with Crippen molar-refractivity contribution >= 4 is 32.5 Å². The van der Waals surface area contributed by atoms with E-state index in [2.05, 4.69) is 58.0 Å². The van der Waals surface area contributed by atoms with Crippen molar-refractivity contribution in [3.05, 3.63) is 39.2 Å². The molecule has 6 heteroatoms. The van der Waals surface area contributed by atoms with Gasteiger partial charge in [0.05, 0.1) is 0 Å². The molecule has 1 aromatic heterocycles. The van der Waals surface area contributed by atoms with Gasteiger partial charge in [-0.1, -0.05) is 0 Å². The molecule has 0 nitrogen and oxygen atoms in total. The molecular weight excluding hydrogens is 370 g/mol. The van der Waals surface area contributed by atoms with Crippen LogP contribution in [-0.4, -0.2) is 21.8 Å². The molecular formula is C17H23BF4Se. The first-order valence-electron chi connectivity index (χ1n) is 7.75. The monoisotopic (exact) mass is 394 g/mol. The van der Waals surface area contributed by atoms with Gasteiger partial charge in [0.1, 0.15) is 0 Å². The predicted octanol–water partition coefficient (Wildman–Crippen LogP) is 6.12. The van der Waals surface area contributed by atoms with Crippen molar-refractivity contribution in [2.45, 2.75) is 52.4 Å².